The molecule has 182 valence electrons. The van der Waals surface area contributed by atoms with Crippen molar-refractivity contribution < 1.29 is 17.6 Å². The number of aromatic nitrogens is 5. The zero-order valence-corrected chi connectivity index (χ0v) is 20.0. The average Bonchev–Trinajstić information content (AvgIpc) is 2.83. The van der Waals surface area contributed by atoms with Crippen LogP contribution in [0, 0.1) is 5.95 Å². The zero-order chi connectivity index (χ0) is 24.7. The smallest absolute Gasteiger partial charge is 0.242 e. The van der Waals surface area contributed by atoms with Gasteiger partial charge in [-0.05, 0) is 13.0 Å². The standard InChI is InChI=1S/C22H23FN8O3S/c1-14-16-12-26-22(21-24-5-3-6-25-21)27-17(16)4-7-30(14)19-11-15(10-18(23)28-19)31-9-8-29(13-20(31)32)35(2,33)34/h3,5-6,10-12,14H,4,7-9,13H2,1-2H3. The number of amides is 1. The van der Waals surface area contributed by atoms with E-state index in [1.54, 1.807) is 30.7 Å². The van der Waals surface area contributed by atoms with Crippen LogP contribution in [0.1, 0.15) is 24.2 Å². The zero-order valence-electron chi connectivity index (χ0n) is 19.2. The maximum Gasteiger partial charge on any atom is 0.242 e. The van der Waals surface area contributed by atoms with Gasteiger partial charge in [-0.15, -0.1) is 0 Å². The van der Waals surface area contributed by atoms with Crippen LogP contribution in [0.2, 0.25) is 0 Å². The van der Waals surface area contributed by atoms with Gasteiger partial charge in [0.2, 0.25) is 21.9 Å². The summed E-state index contributed by atoms with van der Waals surface area (Å²) in [5.41, 5.74) is 2.10. The molecule has 11 nitrogen and oxygen atoms in total. The van der Waals surface area contributed by atoms with Gasteiger partial charge in [0.15, 0.2) is 11.6 Å². The first-order chi connectivity index (χ1) is 16.7. The molecule has 5 rings (SSSR count). The Morgan fingerprint density at radius 3 is 2.51 bits per heavy atom. The third-order valence-electron chi connectivity index (χ3n) is 6.20. The Hall–Kier alpha value is -3.58. The number of hydrogen-bond donors (Lipinski definition) is 0. The summed E-state index contributed by atoms with van der Waals surface area (Å²) in [6, 6.07) is 4.38. The number of halogens is 1. The Kier molecular flexibility index (Phi) is 5.89. The molecule has 35 heavy (non-hydrogen) atoms. The van der Waals surface area contributed by atoms with E-state index in [1.807, 2.05) is 11.8 Å². The lowest BCUT2D eigenvalue weighted by atomic mass is 9.99. The van der Waals surface area contributed by atoms with Gasteiger partial charge in [-0.25, -0.2) is 33.3 Å². The summed E-state index contributed by atoms with van der Waals surface area (Å²) in [5, 5.41) is 0. The number of anilines is 2. The molecule has 1 saturated heterocycles. The number of carbonyl (C=O) groups excluding carboxylic acids is 1. The summed E-state index contributed by atoms with van der Waals surface area (Å²) in [6.45, 7) is 2.48. The molecular weight excluding hydrogens is 475 g/mol. The molecule has 1 fully saturated rings. The van der Waals surface area contributed by atoms with Crippen LogP contribution in [0.3, 0.4) is 0 Å². The Morgan fingerprint density at radius 1 is 1.03 bits per heavy atom. The van der Waals surface area contributed by atoms with Crippen LogP contribution in [-0.4, -0.2) is 76.0 Å². The molecule has 1 unspecified atom stereocenters. The van der Waals surface area contributed by atoms with Crippen molar-refractivity contribution in [3.8, 4) is 11.6 Å². The van der Waals surface area contributed by atoms with Gasteiger partial charge in [-0.2, -0.15) is 8.70 Å². The maximum atomic E-state index is 14.6. The Labute approximate surface area is 201 Å². The minimum Gasteiger partial charge on any atom is -0.349 e. The van der Waals surface area contributed by atoms with Crippen LogP contribution in [-0.2, 0) is 21.2 Å². The van der Waals surface area contributed by atoms with Crippen LogP contribution >= 0.6 is 0 Å². The van der Waals surface area contributed by atoms with Crippen LogP contribution in [0.25, 0.3) is 11.6 Å². The van der Waals surface area contributed by atoms with Crippen LogP contribution < -0.4 is 9.80 Å². The lowest BCUT2D eigenvalue weighted by Crippen LogP contribution is -2.52. The molecule has 0 aromatic carbocycles. The molecule has 1 atom stereocenters. The van der Waals surface area contributed by atoms with E-state index >= 15 is 0 Å². The molecule has 5 heterocycles. The second kappa shape index (κ2) is 8.89. The third-order valence-corrected chi connectivity index (χ3v) is 7.45. The summed E-state index contributed by atoms with van der Waals surface area (Å²) in [6.07, 6.45) is 6.65. The summed E-state index contributed by atoms with van der Waals surface area (Å²) < 4.78 is 39.3. The molecule has 3 aromatic heterocycles. The molecule has 2 aliphatic rings. The molecule has 0 aliphatic carbocycles. The molecule has 2 aliphatic heterocycles. The number of piperazine rings is 1. The molecule has 0 N–H and O–H groups in total. The number of nitrogens with zero attached hydrogens (tertiary/aromatic N) is 8. The van der Waals surface area contributed by atoms with Crippen molar-refractivity contribution >= 4 is 27.4 Å². The second-order valence-corrected chi connectivity index (χ2v) is 10.4. The predicted molar refractivity (Wildman–Crippen MR) is 125 cm³/mol. The van der Waals surface area contributed by atoms with Gasteiger partial charge in [0, 0.05) is 62.3 Å². The monoisotopic (exact) mass is 498 g/mol. The van der Waals surface area contributed by atoms with Gasteiger partial charge < -0.3 is 9.80 Å². The van der Waals surface area contributed by atoms with Crippen molar-refractivity contribution in [1.82, 2.24) is 29.2 Å². The molecular formula is C22H23FN8O3S. The van der Waals surface area contributed by atoms with E-state index in [-0.39, 0.29) is 25.7 Å². The number of pyridine rings is 1. The molecule has 13 heteroatoms. The Bertz CT molecular complexity index is 1390. The molecule has 0 radical (unpaired) electrons. The van der Waals surface area contributed by atoms with Crippen LogP contribution in [0.4, 0.5) is 15.9 Å². The summed E-state index contributed by atoms with van der Waals surface area (Å²) in [5.74, 6) is 0.137. The van der Waals surface area contributed by atoms with E-state index in [0.29, 0.717) is 36.1 Å². The minimum atomic E-state index is -3.48. The van der Waals surface area contributed by atoms with E-state index < -0.39 is 21.9 Å². The average molecular weight is 499 g/mol. The molecule has 3 aromatic rings. The highest BCUT2D eigenvalue weighted by atomic mass is 32.2. The predicted octanol–water partition coefficient (Wildman–Crippen LogP) is 1.20. The SMILES string of the molecule is CC1c2cnc(-c3ncccn3)nc2CCN1c1cc(N2CCN(S(C)(=O)=O)CC2=O)cc(F)n1. The number of sulfonamides is 1. The fraction of sp³-hybridized carbons (Fsp3) is 0.364. The van der Waals surface area contributed by atoms with Gasteiger partial charge in [0.1, 0.15) is 5.82 Å². The summed E-state index contributed by atoms with van der Waals surface area (Å²) in [7, 11) is -3.48. The van der Waals surface area contributed by atoms with Crippen molar-refractivity contribution in [1.29, 1.82) is 0 Å². The van der Waals surface area contributed by atoms with Gasteiger partial charge >= 0.3 is 0 Å². The quantitative estimate of drug-likeness (QED) is 0.488. The normalized spacial score (nSPS) is 19.1. The van der Waals surface area contributed by atoms with E-state index in [2.05, 4.69) is 24.9 Å². The van der Waals surface area contributed by atoms with Crippen molar-refractivity contribution in [3.63, 3.8) is 0 Å². The fourth-order valence-corrected chi connectivity index (χ4v) is 5.14. The van der Waals surface area contributed by atoms with Gasteiger partial charge in [0.05, 0.1) is 30.2 Å². The van der Waals surface area contributed by atoms with Crippen molar-refractivity contribution in [2.24, 2.45) is 0 Å². The number of rotatable bonds is 4. The lowest BCUT2D eigenvalue weighted by Gasteiger charge is -2.36. The van der Waals surface area contributed by atoms with Crippen LogP contribution in [0.5, 0.6) is 0 Å². The van der Waals surface area contributed by atoms with E-state index in [0.717, 1.165) is 21.8 Å². The van der Waals surface area contributed by atoms with Crippen molar-refractivity contribution in [2.45, 2.75) is 19.4 Å². The highest BCUT2D eigenvalue weighted by Gasteiger charge is 2.32. The minimum absolute atomic E-state index is 0.130. The highest BCUT2D eigenvalue weighted by Crippen LogP contribution is 2.34. The van der Waals surface area contributed by atoms with Crippen LogP contribution in [0.15, 0.2) is 36.8 Å². The number of hydrogen-bond acceptors (Lipinski definition) is 9. The molecule has 0 bridgehead atoms. The first-order valence-electron chi connectivity index (χ1n) is 11.0. The third kappa shape index (κ3) is 4.56. The van der Waals surface area contributed by atoms with Gasteiger partial charge in [-0.3, -0.25) is 4.79 Å². The number of carbonyl (C=O) groups is 1. The lowest BCUT2D eigenvalue weighted by molar-refractivity contribution is -0.119. The van der Waals surface area contributed by atoms with E-state index in [9.17, 15) is 17.6 Å². The summed E-state index contributed by atoms with van der Waals surface area (Å²) >= 11 is 0. The Morgan fingerprint density at radius 2 is 1.80 bits per heavy atom. The van der Waals surface area contributed by atoms with Gasteiger partial charge in [0.25, 0.3) is 0 Å². The topological polar surface area (TPSA) is 125 Å². The van der Waals surface area contributed by atoms with Crippen molar-refractivity contribution in [3.05, 3.63) is 54.0 Å². The van der Waals surface area contributed by atoms with E-state index in [1.165, 1.54) is 11.0 Å². The van der Waals surface area contributed by atoms with E-state index in [4.69, 9.17) is 0 Å². The molecule has 0 spiro atoms. The first-order valence-corrected chi connectivity index (χ1v) is 12.9. The highest BCUT2D eigenvalue weighted by molar-refractivity contribution is 7.88. The molecule has 0 saturated carbocycles. The second-order valence-electron chi connectivity index (χ2n) is 8.44. The fourth-order valence-electron chi connectivity index (χ4n) is 4.38. The largest absolute Gasteiger partial charge is 0.349 e. The number of fused-ring (bicyclic) bond motifs is 1. The van der Waals surface area contributed by atoms with Gasteiger partial charge in [-0.1, -0.05) is 0 Å². The Balaban J connectivity index is 1.40. The summed E-state index contributed by atoms with van der Waals surface area (Å²) in [4.78, 5) is 37.5. The maximum absolute atomic E-state index is 14.6. The molecule has 1 amide bonds. The van der Waals surface area contributed by atoms with Crippen molar-refractivity contribution in [2.75, 3.05) is 42.2 Å². The first kappa shape index (κ1) is 23.2.